The lowest BCUT2D eigenvalue weighted by molar-refractivity contribution is -0.384. The number of non-ortho nitro benzene ring substituents is 1. The van der Waals surface area contributed by atoms with Crippen LogP contribution in [0, 0.1) is 17.0 Å². The zero-order chi connectivity index (χ0) is 9.84. The smallest absolute Gasteiger partial charge is 0.269 e. The average molecular weight is 180 g/mol. The molecule has 0 aliphatic rings. The van der Waals surface area contributed by atoms with E-state index >= 15 is 0 Å². The monoisotopic (exact) mass is 180 g/mol. The van der Waals surface area contributed by atoms with Crippen molar-refractivity contribution in [1.29, 1.82) is 0 Å². The largest absolute Gasteiger partial charge is 0.377 e. The Morgan fingerprint density at radius 3 is 2.38 bits per heavy atom. The van der Waals surface area contributed by atoms with Gasteiger partial charge in [-0.05, 0) is 24.6 Å². The molecule has 0 heterocycles. The highest BCUT2D eigenvalue weighted by atomic mass is 16.6. The molecule has 1 atom stereocenters. The number of hydrogen-bond acceptors (Lipinski definition) is 3. The van der Waals surface area contributed by atoms with E-state index in [4.69, 9.17) is 4.74 Å². The molecule has 4 heteroatoms. The molecule has 0 amide bonds. The molecule has 1 aromatic rings. The van der Waals surface area contributed by atoms with Crippen molar-refractivity contribution in [2.24, 2.45) is 0 Å². The fourth-order valence-electron chi connectivity index (χ4n) is 0.947. The van der Waals surface area contributed by atoms with Crippen molar-refractivity contribution in [3.63, 3.8) is 0 Å². The van der Waals surface area contributed by atoms with Gasteiger partial charge in [0.05, 0.1) is 11.0 Å². The van der Waals surface area contributed by atoms with Crippen molar-refractivity contribution in [2.45, 2.75) is 6.10 Å². The van der Waals surface area contributed by atoms with Gasteiger partial charge in [0.1, 0.15) is 0 Å². The molecule has 1 rings (SSSR count). The molecule has 0 aliphatic carbocycles. The Bertz CT molecular complexity index is 294. The lowest BCUT2D eigenvalue weighted by Gasteiger charge is -2.08. The number of methoxy groups -OCH3 is 1. The van der Waals surface area contributed by atoms with Crippen LogP contribution in [0.2, 0.25) is 0 Å². The number of hydrogen-bond donors (Lipinski definition) is 0. The first kappa shape index (κ1) is 9.67. The average Bonchev–Trinajstić information content (AvgIpc) is 2.17. The van der Waals surface area contributed by atoms with Gasteiger partial charge in [0.2, 0.25) is 0 Å². The Kier molecular flexibility index (Phi) is 2.97. The highest BCUT2D eigenvalue weighted by Crippen LogP contribution is 2.18. The molecule has 0 N–H and O–H groups in total. The van der Waals surface area contributed by atoms with Crippen molar-refractivity contribution in [3.05, 3.63) is 46.9 Å². The number of ether oxygens (including phenoxy) is 1. The second kappa shape index (κ2) is 4.00. The maximum Gasteiger partial charge on any atom is 0.269 e. The van der Waals surface area contributed by atoms with Crippen molar-refractivity contribution in [1.82, 2.24) is 0 Å². The van der Waals surface area contributed by atoms with Gasteiger partial charge in [0.15, 0.2) is 0 Å². The molecule has 0 saturated carbocycles. The third-order valence-electron chi connectivity index (χ3n) is 1.76. The topological polar surface area (TPSA) is 52.4 Å². The maximum atomic E-state index is 10.3. The molecule has 0 bridgehead atoms. The minimum Gasteiger partial charge on any atom is -0.377 e. The fourth-order valence-corrected chi connectivity index (χ4v) is 0.947. The first-order valence-corrected chi connectivity index (χ1v) is 3.75. The number of nitrogens with zero attached hydrogens (tertiary/aromatic N) is 1. The van der Waals surface area contributed by atoms with E-state index < -0.39 is 4.92 Å². The zero-order valence-corrected chi connectivity index (χ0v) is 7.27. The van der Waals surface area contributed by atoms with Crippen LogP contribution < -0.4 is 0 Å². The van der Waals surface area contributed by atoms with E-state index in [0.717, 1.165) is 5.56 Å². The molecule has 1 aromatic carbocycles. The van der Waals surface area contributed by atoms with Gasteiger partial charge in [-0.25, -0.2) is 0 Å². The molecule has 13 heavy (non-hydrogen) atoms. The molecule has 1 radical (unpaired) electrons. The summed E-state index contributed by atoms with van der Waals surface area (Å²) in [5, 5.41) is 10.3. The molecule has 69 valence electrons. The van der Waals surface area contributed by atoms with Gasteiger partial charge >= 0.3 is 0 Å². The molecule has 0 aliphatic heterocycles. The van der Waals surface area contributed by atoms with Crippen molar-refractivity contribution in [2.75, 3.05) is 7.11 Å². The Labute approximate surface area is 76.3 Å². The summed E-state index contributed by atoms with van der Waals surface area (Å²) in [5.41, 5.74) is 0.903. The number of nitro groups is 1. The van der Waals surface area contributed by atoms with Gasteiger partial charge in [-0.1, -0.05) is 0 Å². The summed E-state index contributed by atoms with van der Waals surface area (Å²) in [6, 6.07) is 6.15. The summed E-state index contributed by atoms with van der Waals surface area (Å²) in [6.45, 7) is 3.71. The first-order valence-electron chi connectivity index (χ1n) is 3.75. The Morgan fingerprint density at radius 1 is 1.46 bits per heavy atom. The van der Waals surface area contributed by atoms with Crippen LogP contribution in [-0.2, 0) is 4.74 Å². The van der Waals surface area contributed by atoms with Crippen molar-refractivity contribution in [3.8, 4) is 0 Å². The van der Waals surface area contributed by atoms with E-state index in [0.29, 0.717) is 0 Å². The fraction of sp³-hybridized carbons (Fsp3) is 0.222. The number of benzene rings is 1. The summed E-state index contributed by atoms with van der Waals surface area (Å²) in [6.07, 6.45) is -0.277. The highest BCUT2D eigenvalue weighted by molar-refractivity contribution is 5.34. The predicted molar refractivity (Wildman–Crippen MR) is 48.2 cm³/mol. The third kappa shape index (κ3) is 2.26. The summed E-state index contributed by atoms with van der Waals surface area (Å²) >= 11 is 0. The molecule has 0 saturated heterocycles. The normalized spacial score (nSPS) is 12.5. The molecule has 0 fully saturated rings. The molecule has 0 aromatic heterocycles. The summed E-state index contributed by atoms with van der Waals surface area (Å²) in [7, 11) is 1.54. The van der Waals surface area contributed by atoms with Crippen LogP contribution in [0.4, 0.5) is 5.69 Å². The van der Waals surface area contributed by atoms with Crippen LogP contribution in [0.3, 0.4) is 0 Å². The molecular weight excluding hydrogens is 170 g/mol. The Balaban J connectivity index is 2.87. The van der Waals surface area contributed by atoms with E-state index in [1.54, 1.807) is 19.2 Å². The Hall–Kier alpha value is -1.42. The minimum atomic E-state index is -0.436. The van der Waals surface area contributed by atoms with Crippen LogP contribution in [0.25, 0.3) is 0 Å². The van der Waals surface area contributed by atoms with Crippen molar-refractivity contribution < 1.29 is 9.66 Å². The minimum absolute atomic E-state index is 0.0760. The van der Waals surface area contributed by atoms with Gasteiger partial charge < -0.3 is 4.74 Å². The summed E-state index contributed by atoms with van der Waals surface area (Å²) < 4.78 is 4.96. The van der Waals surface area contributed by atoms with Crippen LogP contribution >= 0.6 is 0 Å². The lowest BCUT2D eigenvalue weighted by Crippen LogP contribution is -1.96. The highest BCUT2D eigenvalue weighted by Gasteiger charge is 2.07. The van der Waals surface area contributed by atoms with Crippen LogP contribution in [0.1, 0.15) is 11.7 Å². The quantitative estimate of drug-likeness (QED) is 0.528. The second-order valence-electron chi connectivity index (χ2n) is 2.57. The van der Waals surface area contributed by atoms with Gasteiger partial charge in [-0.15, -0.1) is 0 Å². The van der Waals surface area contributed by atoms with Gasteiger partial charge in [-0.2, -0.15) is 0 Å². The maximum absolute atomic E-state index is 10.3. The zero-order valence-electron chi connectivity index (χ0n) is 7.27. The van der Waals surface area contributed by atoms with Crippen LogP contribution in [-0.4, -0.2) is 12.0 Å². The van der Waals surface area contributed by atoms with Gasteiger partial charge in [0, 0.05) is 19.2 Å². The molecule has 0 spiro atoms. The van der Waals surface area contributed by atoms with E-state index in [9.17, 15) is 10.1 Å². The van der Waals surface area contributed by atoms with E-state index in [2.05, 4.69) is 6.92 Å². The second-order valence-corrected chi connectivity index (χ2v) is 2.57. The van der Waals surface area contributed by atoms with E-state index in [1.807, 2.05) is 0 Å². The predicted octanol–water partition coefficient (Wildman–Crippen LogP) is 2.12. The SMILES string of the molecule is [CH2]C(OC)c1ccc([N+](=O)[O-])cc1. The van der Waals surface area contributed by atoms with E-state index in [1.165, 1.54) is 12.1 Å². The van der Waals surface area contributed by atoms with Crippen molar-refractivity contribution >= 4 is 5.69 Å². The molecule has 1 unspecified atom stereocenters. The third-order valence-corrected chi connectivity index (χ3v) is 1.76. The molecular formula is C9H10NO3. The van der Waals surface area contributed by atoms with Gasteiger partial charge in [0.25, 0.3) is 5.69 Å². The number of nitro benzene ring substituents is 1. The van der Waals surface area contributed by atoms with Gasteiger partial charge in [-0.3, -0.25) is 10.1 Å². The Morgan fingerprint density at radius 2 is 2.00 bits per heavy atom. The summed E-state index contributed by atoms with van der Waals surface area (Å²) in [5.74, 6) is 0. The number of rotatable bonds is 3. The van der Waals surface area contributed by atoms with E-state index in [-0.39, 0.29) is 11.8 Å². The lowest BCUT2D eigenvalue weighted by atomic mass is 10.1. The van der Waals surface area contributed by atoms with Crippen LogP contribution in [0.15, 0.2) is 24.3 Å². The molecule has 4 nitrogen and oxygen atoms in total. The standard InChI is InChI=1S/C9H10NO3/c1-7(13-2)8-3-5-9(6-4-8)10(11)12/h3-7H,1H2,2H3. The summed E-state index contributed by atoms with van der Waals surface area (Å²) in [4.78, 5) is 9.87. The first-order chi connectivity index (χ1) is 6.15. The van der Waals surface area contributed by atoms with Crippen LogP contribution in [0.5, 0.6) is 0 Å².